The largest absolute Gasteiger partial charge is 0.478 e. The third-order valence-corrected chi connectivity index (χ3v) is 3.17. The Morgan fingerprint density at radius 1 is 1.37 bits per heavy atom. The minimum atomic E-state index is -0.919. The molecule has 0 aliphatic carbocycles. The average Bonchev–Trinajstić information content (AvgIpc) is 2.37. The van der Waals surface area contributed by atoms with E-state index >= 15 is 0 Å². The Morgan fingerprint density at radius 2 is 2.00 bits per heavy atom. The van der Waals surface area contributed by atoms with Crippen molar-refractivity contribution in [2.45, 2.75) is 26.8 Å². The van der Waals surface area contributed by atoms with E-state index in [0.717, 1.165) is 24.7 Å². The number of carboxylic acids is 1. The van der Waals surface area contributed by atoms with E-state index in [1.54, 1.807) is 6.08 Å². The van der Waals surface area contributed by atoms with Crippen LogP contribution in [-0.2, 0) is 11.3 Å². The minimum absolute atomic E-state index is 0.711. The van der Waals surface area contributed by atoms with E-state index < -0.39 is 5.97 Å². The predicted molar refractivity (Wildman–Crippen MR) is 78.9 cm³/mol. The van der Waals surface area contributed by atoms with Gasteiger partial charge in [-0.25, -0.2) is 4.79 Å². The number of hydrogen-bond acceptors (Lipinski definition) is 2. The Kier molecular flexibility index (Phi) is 6.30. The molecule has 0 spiro atoms. The van der Waals surface area contributed by atoms with Crippen molar-refractivity contribution in [1.29, 1.82) is 0 Å². The monoisotopic (exact) mass is 261 g/mol. The van der Waals surface area contributed by atoms with Crippen LogP contribution in [-0.4, -0.2) is 29.6 Å². The maximum absolute atomic E-state index is 10.4. The first-order chi connectivity index (χ1) is 9.01. The van der Waals surface area contributed by atoms with Crippen LogP contribution in [0.5, 0.6) is 0 Å². The summed E-state index contributed by atoms with van der Waals surface area (Å²) in [4.78, 5) is 12.7. The van der Waals surface area contributed by atoms with Crippen LogP contribution in [0.2, 0.25) is 0 Å². The highest BCUT2D eigenvalue weighted by molar-refractivity contribution is 5.85. The molecule has 1 aromatic carbocycles. The number of benzene rings is 1. The van der Waals surface area contributed by atoms with Gasteiger partial charge >= 0.3 is 5.97 Å². The van der Waals surface area contributed by atoms with E-state index in [2.05, 4.69) is 37.9 Å². The van der Waals surface area contributed by atoms with Gasteiger partial charge in [-0.2, -0.15) is 0 Å². The van der Waals surface area contributed by atoms with Crippen LogP contribution in [0.1, 0.15) is 31.4 Å². The van der Waals surface area contributed by atoms with Gasteiger partial charge in [-0.3, -0.25) is 0 Å². The van der Waals surface area contributed by atoms with Crippen molar-refractivity contribution >= 4 is 12.0 Å². The zero-order chi connectivity index (χ0) is 14.3. The molecule has 19 heavy (non-hydrogen) atoms. The van der Waals surface area contributed by atoms with Crippen LogP contribution < -0.4 is 0 Å². The molecule has 0 amide bonds. The van der Waals surface area contributed by atoms with Crippen molar-refractivity contribution in [2.24, 2.45) is 5.92 Å². The smallest absolute Gasteiger partial charge is 0.328 e. The molecule has 0 aliphatic heterocycles. The molecular formula is C16H23NO2. The molecule has 3 heteroatoms. The van der Waals surface area contributed by atoms with Gasteiger partial charge in [0, 0.05) is 19.2 Å². The third kappa shape index (κ3) is 6.20. The second-order valence-corrected chi connectivity index (χ2v) is 5.12. The van der Waals surface area contributed by atoms with Crippen LogP contribution in [0, 0.1) is 5.92 Å². The van der Waals surface area contributed by atoms with Gasteiger partial charge in [0.25, 0.3) is 0 Å². The zero-order valence-electron chi connectivity index (χ0n) is 12.0. The molecule has 1 atom stereocenters. The molecule has 0 saturated heterocycles. The first-order valence-corrected chi connectivity index (χ1v) is 6.69. The average molecular weight is 261 g/mol. The molecule has 0 fully saturated rings. The Morgan fingerprint density at radius 3 is 2.53 bits per heavy atom. The lowest BCUT2D eigenvalue weighted by molar-refractivity contribution is -0.131. The molecule has 104 valence electrons. The number of carboxylic acid groups (broad SMARTS) is 1. The molecule has 0 bridgehead atoms. The number of aliphatic carboxylic acids is 1. The molecular weight excluding hydrogens is 238 g/mol. The maximum Gasteiger partial charge on any atom is 0.328 e. The van der Waals surface area contributed by atoms with Crippen molar-refractivity contribution in [2.75, 3.05) is 13.6 Å². The highest BCUT2D eigenvalue weighted by Gasteiger charge is 2.05. The second kappa shape index (κ2) is 7.74. The van der Waals surface area contributed by atoms with Crippen LogP contribution in [0.15, 0.2) is 30.3 Å². The number of carbonyl (C=O) groups is 1. The molecule has 0 aromatic heterocycles. The Bertz CT molecular complexity index is 423. The highest BCUT2D eigenvalue weighted by atomic mass is 16.4. The molecule has 1 unspecified atom stereocenters. The molecule has 0 heterocycles. The molecule has 0 aliphatic rings. The summed E-state index contributed by atoms with van der Waals surface area (Å²) in [5.74, 6) is -0.208. The standard InChI is InChI=1S/C16H23NO2/c1-4-13(2)11-17(3)12-15-7-5-14(6-8-15)9-10-16(18)19/h5-10,13H,4,11-12H2,1-3H3,(H,18,19)/b10-9+. The van der Waals surface area contributed by atoms with Crippen molar-refractivity contribution < 1.29 is 9.90 Å². The fourth-order valence-corrected chi connectivity index (χ4v) is 1.94. The van der Waals surface area contributed by atoms with Gasteiger partial charge in [-0.05, 0) is 30.2 Å². The fourth-order valence-electron chi connectivity index (χ4n) is 1.94. The van der Waals surface area contributed by atoms with Crippen molar-refractivity contribution in [3.05, 3.63) is 41.5 Å². The quantitative estimate of drug-likeness (QED) is 0.766. The van der Waals surface area contributed by atoms with Crippen LogP contribution in [0.3, 0.4) is 0 Å². The summed E-state index contributed by atoms with van der Waals surface area (Å²) in [7, 11) is 2.13. The first kappa shape index (κ1) is 15.4. The third-order valence-electron chi connectivity index (χ3n) is 3.17. The molecule has 1 rings (SSSR count). The van der Waals surface area contributed by atoms with Gasteiger partial charge in [0.05, 0.1) is 0 Å². The molecule has 0 saturated carbocycles. The normalized spacial score (nSPS) is 13.1. The summed E-state index contributed by atoms with van der Waals surface area (Å²) in [5.41, 5.74) is 2.16. The van der Waals surface area contributed by atoms with Crippen LogP contribution in [0.4, 0.5) is 0 Å². The van der Waals surface area contributed by atoms with E-state index in [0.29, 0.717) is 5.92 Å². The summed E-state index contributed by atoms with van der Waals surface area (Å²) in [6.07, 6.45) is 3.96. The van der Waals surface area contributed by atoms with Gasteiger partial charge in [-0.15, -0.1) is 0 Å². The minimum Gasteiger partial charge on any atom is -0.478 e. The van der Waals surface area contributed by atoms with E-state index in [1.807, 2.05) is 12.1 Å². The van der Waals surface area contributed by atoms with Crippen molar-refractivity contribution in [3.8, 4) is 0 Å². The lowest BCUT2D eigenvalue weighted by atomic mass is 10.1. The van der Waals surface area contributed by atoms with Crippen LogP contribution in [0.25, 0.3) is 6.08 Å². The van der Waals surface area contributed by atoms with Gasteiger partial charge in [-0.1, -0.05) is 44.5 Å². The lowest BCUT2D eigenvalue weighted by Crippen LogP contribution is -2.23. The summed E-state index contributed by atoms with van der Waals surface area (Å²) < 4.78 is 0. The Balaban J connectivity index is 2.54. The van der Waals surface area contributed by atoms with Crippen LogP contribution >= 0.6 is 0 Å². The van der Waals surface area contributed by atoms with Crippen molar-refractivity contribution in [3.63, 3.8) is 0 Å². The van der Waals surface area contributed by atoms with Crippen molar-refractivity contribution in [1.82, 2.24) is 4.90 Å². The first-order valence-electron chi connectivity index (χ1n) is 6.69. The Labute approximate surface area is 115 Å². The SMILES string of the molecule is CCC(C)CN(C)Cc1ccc(/C=C/C(=O)O)cc1. The molecule has 0 radical (unpaired) electrons. The van der Waals surface area contributed by atoms with Gasteiger partial charge in [0.1, 0.15) is 0 Å². The van der Waals surface area contributed by atoms with E-state index in [9.17, 15) is 4.79 Å². The van der Waals surface area contributed by atoms with E-state index in [-0.39, 0.29) is 0 Å². The predicted octanol–water partition coefficient (Wildman–Crippen LogP) is 3.26. The summed E-state index contributed by atoms with van der Waals surface area (Å²) in [6.45, 7) is 6.49. The summed E-state index contributed by atoms with van der Waals surface area (Å²) in [5, 5.41) is 8.56. The number of rotatable bonds is 7. The number of nitrogens with zero attached hydrogens (tertiary/aromatic N) is 1. The lowest BCUT2D eigenvalue weighted by Gasteiger charge is -2.20. The summed E-state index contributed by atoms with van der Waals surface area (Å²) in [6, 6.07) is 8.00. The molecule has 3 nitrogen and oxygen atoms in total. The fraction of sp³-hybridized carbons (Fsp3) is 0.438. The highest BCUT2D eigenvalue weighted by Crippen LogP contribution is 2.10. The van der Waals surface area contributed by atoms with E-state index in [4.69, 9.17) is 5.11 Å². The van der Waals surface area contributed by atoms with Gasteiger partial charge in [0.2, 0.25) is 0 Å². The van der Waals surface area contributed by atoms with Gasteiger partial charge < -0.3 is 10.0 Å². The second-order valence-electron chi connectivity index (χ2n) is 5.12. The van der Waals surface area contributed by atoms with Gasteiger partial charge in [0.15, 0.2) is 0 Å². The zero-order valence-corrected chi connectivity index (χ0v) is 12.0. The molecule has 1 N–H and O–H groups in total. The summed E-state index contributed by atoms with van der Waals surface area (Å²) >= 11 is 0. The topological polar surface area (TPSA) is 40.5 Å². The maximum atomic E-state index is 10.4. The molecule has 1 aromatic rings. The number of hydrogen-bond donors (Lipinski definition) is 1. The Hall–Kier alpha value is -1.61. The van der Waals surface area contributed by atoms with E-state index in [1.165, 1.54) is 12.0 Å².